The van der Waals surface area contributed by atoms with Crippen LogP contribution in [0.3, 0.4) is 0 Å². The zero-order valence-electron chi connectivity index (χ0n) is 15.8. The molecule has 0 fully saturated rings. The Morgan fingerprint density at radius 1 is 1.11 bits per heavy atom. The van der Waals surface area contributed by atoms with E-state index in [1.165, 1.54) is 7.11 Å². The van der Waals surface area contributed by atoms with Crippen molar-refractivity contribution in [3.63, 3.8) is 0 Å². The lowest BCUT2D eigenvalue weighted by molar-refractivity contribution is 0.00528. The monoisotopic (exact) mass is 394 g/mol. The van der Waals surface area contributed by atoms with Crippen molar-refractivity contribution in [1.82, 2.24) is 9.97 Å². The van der Waals surface area contributed by atoms with Crippen LogP contribution in [0.25, 0.3) is 0 Å². The van der Waals surface area contributed by atoms with Crippen molar-refractivity contribution in [3.05, 3.63) is 47.4 Å². The molecule has 0 aliphatic heterocycles. The predicted molar refractivity (Wildman–Crippen MR) is 100 cm³/mol. The van der Waals surface area contributed by atoms with Crippen LogP contribution in [0.2, 0.25) is 0 Å². The largest absolute Gasteiger partial charge is 0.481 e. The van der Waals surface area contributed by atoms with Gasteiger partial charge in [-0.3, -0.25) is 0 Å². The molecule has 8 heteroatoms. The van der Waals surface area contributed by atoms with Gasteiger partial charge in [0.2, 0.25) is 5.75 Å². The van der Waals surface area contributed by atoms with E-state index in [2.05, 4.69) is 9.97 Å². The molecule has 2 aromatic rings. The Bertz CT molecular complexity index is 763. The molecule has 0 amide bonds. The first-order chi connectivity index (χ1) is 12.8. The molecule has 0 radical (unpaired) electrons. The predicted octanol–water partition coefficient (Wildman–Crippen LogP) is 3.73. The summed E-state index contributed by atoms with van der Waals surface area (Å²) in [5.74, 6) is -0.284. The highest BCUT2D eigenvalue weighted by Gasteiger charge is 2.27. The van der Waals surface area contributed by atoms with Gasteiger partial charge in [0, 0.05) is 7.11 Å². The Kier molecular flexibility index (Phi) is 7.38. The fourth-order valence-electron chi connectivity index (χ4n) is 2.07. The van der Waals surface area contributed by atoms with Crippen LogP contribution in [0.4, 0.5) is 0 Å². The Morgan fingerprint density at radius 2 is 1.81 bits per heavy atom. The van der Waals surface area contributed by atoms with E-state index in [1.54, 1.807) is 20.8 Å². The van der Waals surface area contributed by atoms with Gasteiger partial charge < -0.3 is 18.9 Å². The average Bonchev–Trinajstić information content (AvgIpc) is 2.63. The van der Waals surface area contributed by atoms with Crippen LogP contribution in [0.1, 0.15) is 42.6 Å². The summed E-state index contributed by atoms with van der Waals surface area (Å²) in [5.41, 5.74) is 0.164. The molecule has 0 saturated heterocycles. The lowest BCUT2D eigenvalue weighted by Crippen LogP contribution is -2.25. The summed E-state index contributed by atoms with van der Waals surface area (Å²) in [6.45, 7) is 5.42. The second-order valence-corrected chi connectivity index (χ2v) is 6.85. The first-order valence-corrected chi connectivity index (χ1v) is 8.86. The zero-order chi connectivity index (χ0) is 19.9. The number of rotatable bonds is 8. The molecule has 2 rings (SSSR count). The topological polar surface area (TPSA) is 79.8 Å². The molecule has 0 N–H and O–H groups in total. The summed E-state index contributed by atoms with van der Waals surface area (Å²) in [5, 5.41) is 0. The molecule has 1 aromatic carbocycles. The lowest BCUT2D eigenvalue weighted by atomic mass is 10.2. The van der Waals surface area contributed by atoms with Gasteiger partial charge in [-0.2, -0.15) is 4.98 Å². The second kappa shape index (κ2) is 9.53. The number of hydrogen-bond acceptors (Lipinski definition) is 7. The van der Waals surface area contributed by atoms with Crippen LogP contribution in [0, 0.1) is 0 Å². The highest BCUT2D eigenvalue weighted by molar-refractivity contribution is 6.16. The Labute approximate surface area is 163 Å². The number of esters is 1. The SMILES string of the molecule is COCOc1nc(CCl)nc(C(=O)OC(C)(C)C)c1OCc1ccccc1. The number of carbonyl (C=O) groups is 1. The van der Waals surface area contributed by atoms with Crippen LogP contribution in [0.5, 0.6) is 11.6 Å². The van der Waals surface area contributed by atoms with Crippen LogP contribution >= 0.6 is 11.6 Å². The standard InChI is InChI=1S/C19H23ClN2O5/c1-19(2,3)27-18(23)15-16(25-11-13-8-6-5-7-9-13)17(26-12-24-4)22-14(10-20)21-15/h5-9H,10-12H2,1-4H3. The molecular formula is C19H23ClN2O5. The number of aromatic nitrogens is 2. The van der Waals surface area contributed by atoms with E-state index in [9.17, 15) is 4.79 Å². The molecule has 0 saturated carbocycles. The van der Waals surface area contributed by atoms with Gasteiger partial charge in [-0.25, -0.2) is 9.78 Å². The third-order valence-electron chi connectivity index (χ3n) is 3.13. The molecule has 0 bridgehead atoms. The quantitative estimate of drug-likeness (QED) is 0.383. The minimum absolute atomic E-state index is 0.00188. The van der Waals surface area contributed by atoms with Crippen molar-refractivity contribution in [2.24, 2.45) is 0 Å². The highest BCUT2D eigenvalue weighted by Crippen LogP contribution is 2.31. The summed E-state index contributed by atoms with van der Waals surface area (Å²) in [4.78, 5) is 21.1. The molecule has 0 unspecified atom stereocenters. The van der Waals surface area contributed by atoms with Gasteiger partial charge in [0.05, 0.1) is 5.88 Å². The van der Waals surface area contributed by atoms with Crippen molar-refractivity contribution in [2.45, 2.75) is 38.9 Å². The number of alkyl halides is 1. The van der Waals surface area contributed by atoms with Gasteiger partial charge in [0.15, 0.2) is 12.5 Å². The van der Waals surface area contributed by atoms with Gasteiger partial charge in [-0.1, -0.05) is 30.3 Å². The molecule has 0 aliphatic carbocycles. The lowest BCUT2D eigenvalue weighted by Gasteiger charge is -2.21. The first kappa shape index (κ1) is 20.9. The second-order valence-electron chi connectivity index (χ2n) is 6.58. The average molecular weight is 395 g/mol. The smallest absolute Gasteiger partial charge is 0.361 e. The van der Waals surface area contributed by atoms with E-state index < -0.39 is 11.6 Å². The maximum Gasteiger partial charge on any atom is 0.361 e. The highest BCUT2D eigenvalue weighted by atomic mass is 35.5. The summed E-state index contributed by atoms with van der Waals surface area (Å²) >= 11 is 5.86. The van der Waals surface area contributed by atoms with Crippen LogP contribution in [-0.2, 0) is 22.0 Å². The number of nitrogens with zero attached hydrogens (tertiary/aromatic N) is 2. The van der Waals surface area contributed by atoms with Crippen molar-refractivity contribution < 1.29 is 23.7 Å². The van der Waals surface area contributed by atoms with Gasteiger partial charge in [0.25, 0.3) is 5.88 Å². The number of methoxy groups -OCH3 is 1. The van der Waals surface area contributed by atoms with Crippen LogP contribution < -0.4 is 9.47 Å². The number of hydrogen-bond donors (Lipinski definition) is 0. The molecular weight excluding hydrogens is 372 g/mol. The molecule has 146 valence electrons. The van der Waals surface area contributed by atoms with Crippen molar-refractivity contribution in [2.75, 3.05) is 13.9 Å². The summed E-state index contributed by atoms with van der Waals surface area (Å²) in [6.07, 6.45) is 0. The van der Waals surface area contributed by atoms with E-state index in [0.717, 1.165) is 5.56 Å². The third-order valence-corrected chi connectivity index (χ3v) is 3.37. The van der Waals surface area contributed by atoms with Crippen molar-refractivity contribution in [1.29, 1.82) is 0 Å². The van der Waals surface area contributed by atoms with Crippen LogP contribution in [0.15, 0.2) is 30.3 Å². The summed E-state index contributed by atoms with van der Waals surface area (Å²) < 4.78 is 21.7. The van der Waals surface area contributed by atoms with E-state index in [-0.39, 0.29) is 42.4 Å². The van der Waals surface area contributed by atoms with Crippen molar-refractivity contribution in [3.8, 4) is 11.6 Å². The third kappa shape index (κ3) is 6.37. The van der Waals surface area contributed by atoms with Crippen LogP contribution in [-0.4, -0.2) is 35.4 Å². The Balaban J connectivity index is 2.41. The Morgan fingerprint density at radius 3 is 2.41 bits per heavy atom. The molecule has 27 heavy (non-hydrogen) atoms. The minimum atomic E-state index is -0.701. The fraction of sp³-hybridized carbons (Fsp3) is 0.421. The summed E-state index contributed by atoms with van der Waals surface area (Å²) in [6, 6.07) is 9.49. The molecule has 0 aliphatic rings. The normalized spacial score (nSPS) is 11.1. The van der Waals surface area contributed by atoms with Crippen molar-refractivity contribution >= 4 is 17.6 Å². The first-order valence-electron chi connectivity index (χ1n) is 8.32. The molecule has 0 atom stereocenters. The number of carbonyl (C=O) groups excluding carboxylic acids is 1. The minimum Gasteiger partial charge on any atom is -0.481 e. The number of ether oxygens (including phenoxy) is 4. The number of benzene rings is 1. The maximum atomic E-state index is 12.7. The van der Waals surface area contributed by atoms with Gasteiger partial charge in [0.1, 0.15) is 18.0 Å². The van der Waals surface area contributed by atoms with E-state index >= 15 is 0 Å². The molecule has 1 aromatic heterocycles. The van der Waals surface area contributed by atoms with Gasteiger partial charge in [-0.15, -0.1) is 11.6 Å². The summed E-state index contributed by atoms with van der Waals surface area (Å²) in [7, 11) is 1.48. The zero-order valence-corrected chi connectivity index (χ0v) is 16.6. The number of halogens is 1. The maximum absolute atomic E-state index is 12.7. The van der Waals surface area contributed by atoms with E-state index in [0.29, 0.717) is 0 Å². The van der Waals surface area contributed by atoms with Gasteiger partial charge >= 0.3 is 5.97 Å². The van der Waals surface area contributed by atoms with E-state index in [1.807, 2.05) is 30.3 Å². The van der Waals surface area contributed by atoms with E-state index in [4.69, 9.17) is 30.5 Å². The molecule has 7 nitrogen and oxygen atoms in total. The fourth-order valence-corrected chi connectivity index (χ4v) is 2.19. The Hall–Kier alpha value is -2.38. The molecule has 1 heterocycles. The molecule has 0 spiro atoms. The van der Waals surface area contributed by atoms with Gasteiger partial charge in [-0.05, 0) is 26.3 Å².